The number of oxime groups is 1. The zero-order chi connectivity index (χ0) is 16.0. The molecule has 2 aromatic carbocycles. The second kappa shape index (κ2) is 6.98. The molecule has 0 radical (unpaired) electrons. The maximum atomic E-state index is 12.8. The Morgan fingerprint density at radius 3 is 2.59 bits per heavy atom. The van der Waals surface area contributed by atoms with Crippen LogP contribution in [0.25, 0.3) is 0 Å². The van der Waals surface area contributed by atoms with Gasteiger partial charge in [-0.15, -0.1) is 0 Å². The quantitative estimate of drug-likeness (QED) is 0.610. The Hall–Kier alpha value is -2.50. The fourth-order valence-corrected chi connectivity index (χ4v) is 1.85. The third kappa shape index (κ3) is 4.25. The monoisotopic (exact) mass is 309 g/mol. The molecule has 2 aromatic rings. The number of ether oxygens (including phenoxy) is 1. The van der Waals surface area contributed by atoms with E-state index in [4.69, 9.17) is 9.57 Å². The van der Waals surface area contributed by atoms with Crippen molar-refractivity contribution in [3.8, 4) is 5.75 Å². The van der Waals surface area contributed by atoms with Gasteiger partial charge in [0.15, 0.2) is 0 Å². The Balaban J connectivity index is 2.01. The number of halogens is 3. The minimum atomic E-state index is -4.41. The Morgan fingerprint density at radius 2 is 1.86 bits per heavy atom. The number of methoxy groups -OCH3 is 1. The molecular formula is C16H14F3NO2. The highest BCUT2D eigenvalue weighted by atomic mass is 19.4. The largest absolute Gasteiger partial charge is 0.497 e. The van der Waals surface area contributed by atoms with E-state index < -0.39 is 11.7 Å². The first kappa shape index (κ1) is 15.9. The fourth-order valence-electron chi connectivity index (χ4n) is 1.85. The molecule has 0 bridgehead atoms. The summed E-state index contributed by atoms with van der Waals surface area (Å²) in [4.78, 5) is 4.96. The summed E-state index contributed by atoms with van der Waals surface area (Å²) in [5, 5.41) is 3.69. The Morgan fingerprint density at radius 1 is 1.09 bits per heavy atom. The molecule has 6 heteroatoms. The predicted octanol–water partition coefficient (Wildman–Crippen LogP) is 4.26. The molecule has 0 heterocycles. The van der Waals surface area contributed by atoms with Crippen molar-refractivity contribution in [3.63, 3.8) is 0 Å². The van der Waals surface area contributed by atoms with Gasteiger partial charge < -0.3 is 9.57 Å². The van der Waals surface area contributed by atoms with Crippen LogP contribution in [0.5, 0.6) is 5.75 Å². The molecule has 0 spiro atoms. The second-order valence-electron chi connectivity index (χ2n) is 4.44. The van der Waals surface area contributed by atoms with E-state index in [1.165, 1.54) is 24.4 Å². The number of alkyl halides is 3. The third-order valence-electron chi connectivity index (χ3n) is 2.91. The van der Waals surface area contributed by atoms with Crippen LogP contribution in [0.4, 0.5) is 13.2 Å². The normalized spacial score (nSPS) is 11.6. The Bertz CT molecular complexity index is 654. The second-order valence-corrected chi connectivity index (χ2v) is 4.44. The van der Waals surface area contributed by atoms with Gasteiger partial charge in [-0.3, -0.25) is 0 Å². The topological polar surface area (TPSA) is 30.8 Å². The molecule has 2 rings (SSSR count). The van der Waals surface area contributed by atoms with Crippen molar-refractivity contribution >= 4 is 6.21 Å². The van der Waals surface area contributed by atoms with E-state index in [0.717, 1.165) is 11.6 Å². The number of hydrogen-bond acceptors (Lipinski definition) is 3. The highest BCUT2D eigenvalue weighted by Crippen LogP contribution is 2.32. The lowest BCUT2D eigenvalue weighted by atomic mass is 10.1. The van der Waals surface area contributed by atoms with Gasteiger partial charge >= 0.3 is 6.18 Å². The maximum absolute atomic E-state index is 12.8. The lowest BCUT2D eigenvalue weighted by Gasteiger charge is -2.11. The molecular weight excluding hydrogens is 295 g/mol. The van der Waals surface area contributed by atoms with Crippen molar-refractivity contribution < 1.29 is 22.7 Å². The van der Waals surface area contributed by atoms with Crippen molar-refractivity contribution in [1.82, 2.24) is 0 Å². The van der Waals surface area contributed by atoms with E-state index in [-0.39, 0.29) is 12.2 Å². The molecule has 116 valence electrons. The van der Waals surface area contributed by atoms with Crippen LogP contribution in [0, 0.1) is 0 Å². The van der Waals surface area contributed by atoms with Gasteiger partial charge in [0.2, 0.25) is 0 Å². The molecule has 0 saturated heterocycles. The molecule has 0 aliphatic rings. The maximum Gasteiger partial charge on any atom is 0.416 e. The van der Waals surface area contributed by atoms with Crippen LogP contribution in [0.3, 0.4) is 0 Å². The lowest BCUT2D eigenvalue weighted by molar-refractivity contribution is -0.138. The summed E-state index contributed by atoms with van der Waals surface area (Å²) in [5.74, 6) is 0.659. The summed E-state index contributed by atoms with van der Waals surface area (Å²) < 4.78 is 43.5. The summed E-state index contributed by atoms with van der Waals surface area (Å²) in [6.45, 7) is -0.254. The zero-order valence-electron chi connectivity index (χ0n) is 11.8. The average molecular weight is 309 g/mol. The van der Waals surface area contributed by atoms with Crippen LogP contribution in [0.15, 0.2) is 53.7 Å². The van der Waals surface area contributed by atoms with Crippen molar-refractivity contribution in [2.24, 2.45) is 5.16 Å². The first-order valence-corrected chi connectivity index (χ1v) is 6.45. The molecule has 0 aliphatic carbocycles. The van der Waals surface area contributed by atoms with Gasteiger partial charge in [0.25, 0.3) is 0 Å². The molecule has 0 amide bonds. The lowest BCUT2D eigenvalue weighted by Crippen LogP contribution is -2.09. The molecule has 0 aromatic heterocycles. The predicted molar refractivity (Wildman–Crippen MR) is 76.8 cm³/mol. The zero-order valence-corrected chi connectivity index (χ0v) is 11.8. The summed E-state index contributed by atoms with van der Waals surface area (Å²) in [7, 11) is 1.54. The highest BCUT2D eigenvalue weighted by Gasteiger charge is 2.32. The van der Waals surface area contributed by atoms with Gasteiger partial charge in [0.1, 0.15) is 12.4 Å². The fraction of sp³-hybridized carbons (Fsp3) is 0.188. The molecule has 22 heavy (non-hydrogen) atoms. The van der Waals surface area contributed by atoms with E-state index >= 15 is 0 Å². The van der Waals surface area contributed by atoms with E-state index in [1.807, 2.05) is 0 Å². The van der Waals surface area contributed by atoms with Gasteiger partial charge in [-0.2, -0.15) is 13.2 Å². The minimum absolute atomic E-state index is 0.0396. The number of rotatable bonds is 5. The summed E-state index contributed by atoms with van der Waals surface area (Å²) >= 11 is 0. The number of benzene rings is 2. The standard InChI is InChI=1S/C16H14F3NO2/c1-21-14-7-4-5-12(9-14)10-20-22-11-13-6-2-3-8-15(13)16(17,18)19/h2-10H,11H2,1H3. The summed E-state index contributed by atoms with van der Waals surface area (Å²) in [6, 6.07) is 12.3. The third-order valence-corrected chi connectivity index (χ3v) is 2.91. The summed E-state index contributed by atoms with van der Waals surface area (Å²) in [6.07, 6.45) is -2.99. The number of hydrogen-bond donors (Lipinski definition) is 0. The average Bonchev–Trinajstić information content (AvgIpc) is 2.51. The molecule has 3 nitrogen and oxygen atoms in total. The molecule has 0 fully saturated rings. The van der Waals surface area contributed by atoms with Crippen LogP contribution in [-0.4, -0.2) is 13.3 Å². The summed E-state index contributed by atoms with van der Waals surface area (Å²) in [5.41, 5.74) is 0.0489. The SMILES string of the molecule is COc1cccc(C=NOCc2ccccc2C(F)(F)F)c1. The highest BCUT2D eigenvalue weighted by molar-refractivity contribution is 5.79. The smallest absolute Gasteiger partial charge is 0.416 e. The first-order valence-electron chi connectivity index (χ1n) is 6.45. The van der Waals surface area contributed by atoms with Gasteiger partial charge in [-0.25, -0.2) is 0 Å². The number of nitrogens with zero attached hydrogens (tertiary/aromatic N) is 1. The molecule has 0 unspecified atom stereocenters. The van der Waals surface area contributed by atoms with Gasteiger partial charge in [0, 0.05) is 5.56 Å². The van der Waals surface area contributed by atoms with Crippen LogP contribution < -0.4 is 4.74 Å². The minimum Gasteiger partial charge on any atom is -0.497 e. The van der Waals surface area contributed by atoms with Gasteiger partial charge in [0.05, 0.1) is 18.9 Å². The van der Waals surface area contributed by atoms with E-state index in [2.05, 4.69) is 5.16 Å². The van der Waals surface area contributed by atoms with Crippen molar-refractivity contribution in [2.45, 2.75) is 12.8 Å². The van der Waals surface area contributed by atoms with Crippen molar-refractivity contribution in [1.29, 1.82) is 0 Å². The van der Waals surface area contributed by atoms with Crippen LogP contribution in [-0.2, 0) is 17.6 Å². The van der Waals surface area contributed by atoms with Gasteiger partial charge in [-0.1, -0.05) is 35.5 Å². The first-order chi connectivity index (χ1) is 10.5. The van der Waals surface area contributed by atoms with Crippen LogP contribution >= 0.6 is 0 Å². The van der Waals surface area contributed by atoms with E-state index in [1.54, 1.807) is 31.4 Å². The van der Waals surface area contributed by atoms with Crippen molar-refractivity contribution in [2.75, 3.05) is 7.11 Å². The molecule has 0 aliphatic heterocycles. The molecule has 0 N–H and O–H groups in total. The van der Waals surface area contributed by atoms with Crippen LogP contribution in [0.2, 0.25) is 0 Å². The molecule has 0 atom stereocenters. The van der Waals surface area contributed by atoms with Crippen molar-refractivity contribution in [3.05, 3.63) is 65.2 Å². The molecule has 0 saturated carbocycles. The Kier molecular flexibility index (Phi) is 5.04. The van der Waals surface area contributed by atoms with Gasteiger partial charge in [-0.05, 0) is 23.8 Å². The van der Waals surface area contributed by atoms with E-state index in [0.29, 0.717) is 5.75 Å². The van der Waals surface area contributed by atoms with Crippen LogP contribution in [0.1, 0.15) is 16.7 Å². The Labute approximate surface area is 126 Å². The van der Waals surface area contributed by atoms with E-state index in [9.17, 15) is 13.2 Å².